The Hall–Kier alpha value is -3.42. The summed E-state index contributed by atoms with van der Waals surface area (Å²) in [5, 5.41) is 37.5. The van der Waals surface area contributed by atoms with E-state index in [2.05, 4.69) is 0 Å². The van der Waals surface area contributed by atoms with E-state index in [1.54, 1.807) is 0 Å². The van der Waals surface area contributed by atoms with E-state index in [1.165, 1.54) is 18.2 Å². The minimum Gasteiger partial charge on any atom is -0.480 e. The van der Waals surface area contributed by atoms with Gasteiger partial charge < -0.3 is 20.4 Å². The first kappa shape index (κ1) is 16.9. The molecule has 1 atom stereocenters. The summed E-state index contributed by atoms with van der Waals surface area (Å²) in [6.45, 7) is 0. The van der Waals surface area contributed by atoms with Crippen molar-refractivity contribution >= 4 is 23.9 Å². The molecule has 8 heteroatoms. The highest BCUT2D eigenvalue weighted by atomic mass is 16.4. The van der Waals surface area contributed by atoms with E-state index in [4.69, 9.17) is 5.11 Å². The van der Waals surface area contributed by atoms with Crippen LogP contribution in [0.4, 0.5) is 0 Å². The molecular weight excluding hydrogens is 320 g/mol. The third-order valence-corrected chi connectivity index (χ3v) is 3.78. The lowest BCUT2D eigenvalue weighted by molar-refractivity contribution is -0.142. The first-order chi connectivity index (χ1) is 11.2. The largest absolute Gasteiger partial charge is 0.480 e. The van der Waals surface area contributed by atoms with Crippen molar-refractivity contribution in [1.82, 2.24) is 0 Å². The number of benzene rings is 1. The average Bonchev–Trinajstić information content (AvgIpc) is 2.53. The molecule has 1 aromatic carbocycles. The molecule has 0 heterocycles. The third kappa shape index (κ3) is 2.65. The summed E-state index contributed by atoms with van der Waals surface area (Å²) in [6.07, 6.45) is 2.90. The van der Waals surface area contributed by atoms with Crippen LogP contribution < -0.4 is 0 Å². The molecule has 1 unspecified atom stereocenters. The van der Waals surface area contributed by atoms with Crippen LogP contribution in [0.3, 0.4) is 0 Å². The first-order valence-electron chi connectivity index (χ1n) is 6.66. The Morgan fingerprint density at radius 3 is 1.83 bits per heavy atom. The topological polar surface area (TPSA) is 149 Å². The molecule has 0 fully saturated rings. The lowest BCUT2D eigenvalue weighted by Gasteiger charge is -2.31. The van der Waals surface area contributed by atoms with Crippen molar-refractivity contribution in [2.45, 2.75) is 11.8 Å². The normalized spacial score (nSPS) is 19.4. The summed E-state index contributed by atoms with van der Waals surface area (Å²) >= 11 is 0. The van der Waals surface area contributed by atoms with Gasteiger partial charge in [0.25, 0.3) is 0 Å². The molecule has 0 radical (unpaired) electrons. The Balaban J connectivity index is 2.84. The molecule has 1 aromatic rings. The van der Waals surface area contributed by atoms with Crippen molar-refractivity contribution in [3.63, 3.8) is 0 Å². The van der Waals surface area contributed by atoms with Crippen molar-refractivity contribution in [3.05, 3.63) is 58.7 Å². The molecule has 2 rings (SSSR count). The highest BCUT2D eigenvalue weighted by Gasteiger charge is 2.46. The van der Waals surface area contributed by atoms with Gasteiger partial charge in [0.1, 0.15) is 5.41 Å². The van der Waals surface area contributed by atoms with E-state index >= 15 is 0 Å². The zero-order valence-electron chi connectivity index (χ0n) is 12.1. The molecule has 124 valence electrons. The maximum absolute atomic E-state index is 11.9. The lowest BCUT2D eigenvalue weighted by atomic mass is 9.69. The predicted molar refractivity (Wildman–Crippen MR) is 79.2 cm³/mol. The van der Waals surface area contributed by atoms with E-state index in [0.29, 0.717) is 0 Å². The molecule has 4 N–H and O–H groups in total. The summed E-state index contributed by atoms with van der Waals surface area (Å²) in [6, 6.07) is 3.36. The van der Waals surface area contributed by atoms with Gasteiger partial charge in [-0.15, -0.1) is 0 Å². The third-order valence-electron chi connectivity index (χ3n) is 3.78. The molecule has 8 nitrogen and oxygen atoms in total. The van der Waals surface area contributed by atoms with Gasteiger partial charge in [-0.3, -0.25) is 4.79 Å². The molecule has 0 aromatic heterocycles. The number of aliphatic carboxylic acids is 2. The standard InChI is InChI=1S/C16H12O8/c17-12(18)8-3-2-6-16(7-8,15(23)24)11-9(13(19)20)4-1-5-10(11)14(21)22/h1-6H,7H2,(H,17,18)(H,19,20)(H,21,22)(H,23,24). The monoisotopic (exact) mass is 332 g/mol. The van der Waals surface area contributed by atoms with E-state index in [0.717, 1.165) is 18.2 Å². The van der Waals surface area contributed by atoms with Gasteiger partial charge in [-0.05, 0) is 12.1 Å². The number of allylic oxidation sites excluding steroid dienone is 2. The quantitative estimate of drug-likeness (QED) is 0.631. The van der Waals surface area contributed by atoms with Crippen LogP contribution >= 0.6 is 0 Å². The molecule has 24 heavy (non-hydrogen) atoms. The molecule has 0 spiro atoms. The Morgan fingerprint density at radius 2 is 1.42 bits per heavy atom. The Bertz CT molecular complexity index is 785. The molecule has 0 saturated carbocycles. The van der Waals surface area contributed by atoms with Gasteiger partial charge in [0.05, 0.1) is 11.1 Å². The predicted octanol–water partition coefficient (Wildman–Crippen LogP) is 1.38. The number of rotatable bonds is 5. The van der Waals surface area contributed by atoms with Crippen LogP contribution in [0, 0.1) is 0 Å². The smallest absolute Gasteiger partial charge is 0.336 e. The van der Waals surface area contributed by atoms with Crippen LogP contribution in [-0.4, -0.2) is 44.3 Å². The Morgan fingerprint density at radius 1 is 0.875 bits per heavy atom. The fourth-order valence-electron chi connectivity index (χ4n) is 2.71. The summed E-state index contributed by atoms with van der Waals surface area (Å²) in [7, 11) is 0. The van der Waals surface area contributed by atoms with Crippen LogP contribution in [0.25, 0.3) is 0 Å². The SMILES string of the molecule is O=C(O)C1=CC=CC(C(=O)O)(c2c(C(=O)O)cccc2C(=O)O)C1. The van der Waals surface area contributed by atoms with Gasteiger partial charge in [-0.25, -0.2) is 14.4 Å². The van der Waals surface area contributed by atoms with Gasteiger partial charge >= 0.3 is 23.9 Å². The molecule has 0 aliphatic heterocycles. The van der Waals surface area contributed by atoms with Crippen LogP contribution in [0.15, 0.2) is 42.0 Å². The van der Waals surface area contributed by atoms with E-state index in [1.807, 2.05) is 0 Å². The van der Waals surface area contributed by atoms with Gasteiger partial charge in [0.2, 0.25) is 0 Å². The summed E-state index contributed by atoms with van der Waals surface area (Å²) < 4.78 is 0. The molecule has 0 bridgehead atoms. The Labute approximate surface area is 135 Å². The van der Waals surface area contributed by atoms with Crippen molar-refractivity contribution < 1.29 is 39.6 Å². The summed E-state index contributed by atoms with van der Waals surface area (Å²) in [4.78, 5) is 46.1. The number of hydrogen-bond donors (Lipinski definition) is 4. The van der Waals surface area contributed by atoms with Crippen molar-refractivity contribution in [3.8, 4) is 0 Å². The maximum Gasteiger partial charge on any atom is 0.336 e. The zero-order valence-corrected chi connectivity index (χ0v) is 12.1. The van der Waals surface area contributed by atoms with Crippen molar-refractivity contribution in [2.24, 2.45) is 0 Å². The molecular formula is C16H12O8. The Kier molecular flexibility index (Phi) is 4.23. The maximum atomic E-state index is 11.9. The number of carboxylic acids is 4. The molecule has 0 saturated heterocycles. The second-order valence-electron chi connectivity index (χ2n) is 5.15. The lowest BCUT2D eigenvalue weighted by Crippen LogP contribution is -2.39. The van der Waals surface area contributed by atoms with Crippen LogP contribution in [0.5, 0.6) is 0 Å². The average molecular weight is 332 g/mol. The van der Waals surface area contributed by atoms with Crippen molar-refractivity contribution in [1.29, 1.82) is 0 Å². The first-order valence-corrected chi connectivity index (χ1v) is 6.66. The van der Waals surface area contributed by atoms with Crippen LogP contribution in [-0.2, 0) is 15.0 Å². The fourth-order valence-corrected chi connectivity index (χ4v) is 2.71. The van der Waals surface area contributed by atoms with Gasteiger partial charge in [0.15, 0.2) is 0 Å². The van der Waals surface area contributed by atoms with E-state index < -0.39 is 52.4 Å². The van der Waals surface area contributed by atoms with Gasteiger partial charge in [0, 0.05) is 17.6 Å². The second kappa shape index (κ2) is 5.99. The fraction of sp³-hybridized carbons (Fsp3) is 0.125. The van der Waals surface area contributed by atoms with Crippen LogP contribution in [0.2, 0.25) is 0 Å². The second-order valence-corrected chi connectivity index (χ2v) is 5.15. The minimum atomic E-state index is -2.11. The number of aromatic carboxylic acids is 2. The minimum absolute atomic E-state index is 0.267. The van der Waals surface area contributed by atoms with Crippen LogP contribution in [0.1, 0.15) is 32.7 Å². The number of carboxylic acid groups (broad SMARTS) is 4. The molecule has 0 amide bonds. The molecule has 1 aliphatic rings. The number of hydrogen-bond acceptors (Lipinski definition) is 4. The highest BCUT2D eigenvalue weighted by Crippen LogP contribution is 2.40. The summed E-state index contributed by atoms with van der Waals surface area (Å²) in [5.74, 6) is -5.92. The van der Waals surface area contributed by atoms with Crippen molar-refractivity contribution in [2.75, 3.05) is 0 Å². The zero-order chi connectivity index (χ0) is 18.1. The highest BCUT2D eigenvalue weighted by molar-refractivity contribution is 6.02. The van der Waals surface area contributed by atoms with Gasteiger partial charge in [-0.1, -0.05) is 24.3 Å². The summed E-state index contributed by atoms with van der Waals surface area (Å²) in [5.41, 5.74) is -3.84. The number of carbonyl (C=O) groups is 4. The van der Waals surface area contributed by atoms with E-state index in [9.17, 15) is 34.5 Å². The van der Waals surface area contributed by atoms with E-state index in [-0.39, 0.29) is 5.57 Å². The molecule has 1 aliphatic carbocycles. The van der Waals surface area contributed by atoms with Gasteiger partial charge in [-0.2, -0.15) is 0 Å².